The second kappa shape index (κ2) is 4.70. The van der Waals surface area contributed by atoms with E-state index >= 15 is 0 Å². The molecule has 0 radical (unpaired) electrons. The van der Waals surface area contributed by atoms with Crippen LogP contribution in [0.2, 0.25) is 0 Å². The van der Waals surface area contributed by atoms with Crippen molar-refractivity contribution in [2.45, 2.75) is 45.1 Å². The molecule has 1 aliphatic rings. The third-order valence-corrected chi connectivity index (χ3v) is 4.06. The number of nitrogens with one attached hydrogen (secondary N) is 1. The molecule has 1 unspecified atom stereocenters. The van der Waals surface area contributed by atoms with Crippen molar-refractivity contribution in [3.05, 3.63) is 18.5 Å². The van der Waals surface area contributed by atoms with E-state index in [4.69, 9.17) is 0 Å². The molecule has 0 bridgehead atoms. The highest BCUT2D eigenvalue weighted by atomic mass is 16.3. The lowest BCUT2D eigenvalue weighted by Crippen LogP contribution is -2.44. The van der Waals surface area contributed by atoms with Crippen LogP contribution in [0.15, 0.2) is 18.5 Å². The smallest absolute Gasteiger partial charge is 0.177 e. The molecular weight excluding hydrogens is 254 g/mol. The van der Waals surface area contributed by atoms with Gasteiger partial charge < -0.3 is 10.4 Å². The first-order valence-electron chi connectivity index (χ1n) is 7.09. The summed E-state index contributed by atoms with van der Waals surface area (Å²) in [6.45, 7) is 4.97. The first kappa shape index (κ1) is 13.3. The van der Waals surface area contributed by atoms with Crippen LogP contribution in [0.3, 0.4) is 0 Å². The third-order valence-electron chi connectivity index (χ3n) is 4.06. The van der Waals surface area contributed by atoms with Crippen molar-refractivity contribution in [3.63, 3.8) is 0 Å². The fourth-order valence-electron chi connectivity index (χ4n) is 3.19. The molecule has 20 heavy (non-hydrogen) atoms. The average molecular weight is 275 g/mol. The number of nitrogens with zero attached hydrogens (tertiary/aromatic N) is 4. The van der Waals surface area contributed by atoms with Crippen LogP contribution in [-0.2, 0) is 0 Å². The normalized spacial score (nSPS) is 25.8. The van der Waals surface area contributed by atoms with E-state index in [1.165, 1.54) is 6.42 Å². The van der Waals surface area contributed by atoms with Gasteiger partial charge in [-0.15, -0.1) is 15.3 Å². The summed E-state index contributed by atoms with van der Waals surface area (Å²) in [5, 5.41) is 26.0. The molecule has 2 heterocycles. The quantitative estimate of drug-likeness (QED) is 0.894. The molecule has 1 aliphatic carbocycles. The van der Waals surface area contributed by atoms with Gasteiger partial charge in [0.05, 0.1) is 5.60 Å². The van der Waals surface area contributed by atoms with Crippen molar-refractivity contribution < 1.29 is 5.11 Å². The third kappa shape index (κ3) is 2.75. The highest BCUT2D eigenvalue weighted by Crippen LogP contribution is 2.40. The van der Waals surface area contributed by atoms with Gasteiger partial charge in [0.1, 0.15) is 12.1 Å². The molecule has 2 aromatic rings. The van der Waals surface area contributed by atoms with Crippen LogP contribution in [0.25, 0.3) is 5.65 Å². The second-order valence-electron chi connectivity index (χ2n) is 6.62. The number of hydrogen-bond donors (Lipinski definition) is 2. The van der Waals surface area contributed by atoms with Crippen LogP contribution in [0.4, 0.5) is 5.82 Å². The lowest BCUT2D eigenvalue weighted by molar-refractivity contribution is -0.0278. The van der Waals surface area contributed by atoms with Crippen molar-refractivity contribution in [2.75, 3.05) is 11.9 Å². The predicted octanol–water partition coefficient (Wildman–Crippen LogP) is 1.87. The number of rotatable bonds is 3. The molecule has 6 nitrogen and oxygen atoms in total. The average Bonchev–Trinajstić information content (AvgIpc) is 2.82. The first-order valence-corrected chi connectivity index (χ1v) is 7.09. The van der Waals surface area contributed by atoms with E-state index in [9.17, 15) is 5.11 Å². The zero-order chi connectivity index (χ0) is 14.2. The predicted molar refractivity (Wildman–Crippen MR) is 76.5 cm³/mol. The molecule has 2 aromatic heterocycles. The molecule has 2 N–H and O–H groups in total. The van der Waals surface area contributed by atoms with E-state index in [0.717, 1.165) is 25.1 Å². The summed E-state index contributed by atoms with van der Waals surface area (Å²) < 4.78 is 1.62. The number of anilines is 1. The summed E-state index contributed by atoms with van der Waals surface area (Å²) in [4.78, 5) is 0. The molecular formula is C14H21N5O. The summed E-state index contributed by atoms with van der Waals surface area (Å²) in [5.74, 6) is 0.731. The molecule has 0 amide bonds. The zero-order valence-electron chi connectivity index (χ0n) is 12.0. The van der Waals surface area contributed by atoms with Crippen molar-refractivity contribution >= 4 is 11.5 Å². The van der Waals surface area contributed by atoms with E-state index < -0.39 is 5.60 Å². The van der Waals surface area contributed by atoms with E-state index in [1.807, 2.05) is 12.1 Å². The van der Waals surface area contributed by atoms with Crippen molar-refractivity contribution in [1.82, 2.24) is 19.8 Å². The van der Waals surface area contributed by atoms with Crippen LogP contribution in [0.5, 0.6) is 0 Å². The van der Waals surface area contributed by atoms with Gasteiger partial charge in [-0.2, -0.15) is 4.52 Å². The van der Waals surface area contributed by atoms with E-state index in [2.05, 4.69) is 34.5 Å². The lowest BCUT2D eigenvalue weighted by atomic mass is 9.70. The maximum absolute atomic E-state index is 10.7. The van der Waals surface area contributed by atoms with Gasteiger partial charge in [0.2, 0.25) is 0 Å². The largest absolute Gasteiger partial charge is 0.388 e. The van der Waals surface area contributed by atoms with Gasteiger partial charge in [-0.3, -0.25) is 0 Å². The minimum absolute atomic E-state index is 0.209. The summed E-state index contributed by atoms with van der Waals surface area (Å²) in [7, 11) is 0. The summed E-state index contributed by atoms with van der Waals surface area (Å²) in [5.41, 5.74) is 0.277. The van der Waals surface area contributed by atoms with Gasteiger partial charge in [0, 0.05) is 6.54 Å². The summed E-state index contributed by atoms with van der Waals surface area (Å²) >= 11 is 0. The molecule has 1 fully saturated rings. The van der Waals surface area contributed by atoms with Gasteiger partial charge in [-0.1, -0.05) is 13.8 Å². The number of fused-ring (bicyclic) bond motifs is 1. The second-order valence-corrected chi connectivity index (χ2v) is 6.62. The SMILES string of the molecule is CC1(C)CCCC(O)(CNc2ccc3nncn3n2)C1. The molecule has 0 aliphatic heterocycles. The Hall–Kier alpha value is -1.69. The minimum atomic E-state index is -0.647. The Labute approximate surface area is 118 Å². The minimum Gasteiger partial charge on any atom is -0.388 e. The first-order chi connectivity index (χ1) is 9.46. The molecule has 0 aromatic carbocycles. The summed E-state index contributed by atoms with van der Waals surface area (Å²) in [6, 6.07) is 3.72. The van der Waals surface area contributed by atoms with E-state index in [0.29, 0.717) is 12.2 Å². The number of hydrogen-bond acceptors (Lipinski definition) is 5. The highest BCUT2D eigenvalue weighted by Gasteiger charge is 2.38. The Bertz CT molecular complexity index is 608. The lowest BCUT2D eigenvalue weighted by Gasteiger charge is -2.41. The van der Waals surface area contributed by atoms with Crippen LogP contribution in [0.1, 0.15) is 39.5 Å². The Balaban J connectivity index is 1.68. The standard InChI is InChI=1S/C14H21N5O/c1-13(2)6-3-7-14(20,8-13)9-15-11-4-5-12-17-16-10-19(12)18-11/h4-5,10,20H,3,6-9H2,1-2H3,(H,15,18). The topological polar surface area (TPSA) is 75.3 Å². The van der Waals surface area contributed by atoms with Crippen molar-refractivity contribution in [1.29, 1.82) is 0 Å². The Morgan fingerprint density at radius 3 is 3.00 bits per heavy atom. The number of aromatic nitrogens is 4. The van der Waals surface area contributed by atoms with Crippen LogP contribution < -0.4 is 5.32 Å². The maximum Gasteiger partial charge on any atom is 0.177 e. The maximum atomic E-state index is 10.7. The molecule has 108 valence electrons. The van der Waals surface area contributed by atoms with Crippen molar-refractivity contribution in [3.8, 4) is 0 Å². The Morgan fingerprint density at radius 1 is 1.35 bits per heavy atom. The summed E-state index contributed by atoms with van der Waals surface area (Å²) in [6.07, 6.45) is 5.49. The van der Waals surface area contributed by atoms with Gasteiger partial charge in [0.25, 0.3) is 0 Å². The van der Waals surface area contributed by atoms with Gasteiger partial charge >= 0.3 is 0 Å². The fraction of sp³-hybridized carbons (Fsp3) is 0.643. The fourth-order valence-corrected chi connectivity index (χ4v) is 3.19. The molecule has 3 rings (SSSR count). The van der Waals surface area contributed by atoms with E-state index in [1.54, 1.807) is 10.8 Å². The van der Waals surface area contributed by atoms with Crippen molar-refractivity contribution in [2.24, 2.45) is 5.41 Å². The Morgan fingerprint density at radius 2 is 2.20 bits per heavy atom. The van der Waals surface area contributed by atoms with Crippen LogP contribution in [-0.4, -0.2) is 37.1 Å². The number of aliphatic hydroxyl groups is 1. The van der Waals surface area contributed by atoms with E-state index in [-0.39, 0.29) is 5.41 Å². The molecule has 0 saturated heterocycles. The van der Waals surface area contributed by atoms with Gasteiger partial charge in [0.15, 0.2) is 5.65 Å². The molecule has 0 spiro atoms. The Kier molecular flexibility index (Phi) is 3.12. The zero-order valence-corrected chi connectivity index (χ0v) is 12.0. The van der Waals surface area contributed by atoms with Gasteiger partial charge in [-0.25, -0.2) is 0 Å². The highest BCUT2D eigenvalue weighted by molar-refractivity contribution is 5.43. The molecule has 1 atom stereocenters. The molecule has 6 heteroatoms. The monoisotopic (exact) mass is 275 g/mol. The molecule has 1 saturated carbocycles. The van der Waals surface area contributed by atoms with Crippen LogP contribution in [0, 0.1) is 5.41 Å². The van der Waals surface area contributed by atoms with Crippen LogP contribution >= 0.6 is 0 Å². The van der Waals surface area contributed by atoms with Gasteiger partial charge in [-0.05, 0) is 43.2 Å².